The summed E-state index contributed by atoms with van der Waals surface area (Å²) < 4.78 is 16.2. The van der Waals surface area contributed by atoms with Gasteiger partial charge in [-0.05, 0) is 37.0 Å². The zero-order valence-corrected chi connectivity index (χ0v) is 16.1. The van der Waals surface area contributed by atoms with Gasteiger partial charge in [0, 0.05) is 25.7 Å². The van der Waals surface area contributed by atoms with Crippen molar-refractivity contribution in [2.24, 2.45) is 4.99 Å². The van der Waals surface area contributed by atoms with E-state index in [0.717, 1.165) is 24.5 Å². The van der Waals surface area contributed by atoms with Crippen molar-refractivity contribution in [3.8, 4) is 17.2 Å². The van der Waals surface area contributed by atoms with Crippen LogP contribution in [-0.4, -0.2) is 52.9 Å². The SMILES string of the molecule is CN=C(NCCCCSC)NCc1ccc(OC)c(OC)c1OC. The van der Waals surface area contributed by atoms with E-state index >= 15 is 0 Å². The van der Waals surface area contributed by atoms with Crippen molar-refractivity contribution in [2.75, 3.05) is 46.9 Å². The number of hydrogen-bond donors (Lipinski definition) is 2. The molecule has 0 aliphatic rings. The highest BCUT2D eigenvalue weighted by Crippen LogP contribution is 2.39. The normalized spacial score (nSPS) is 11.1. The number of benzene rings is 1. The molecule has 0 aliphatic carbocycles. The molecule has 0 unspecified atom stereocenters. The van der Waals surface area contributed by atoms with E-state index in [1.807, 2.05) is 23.9 Å². The van der Waals surface area contributed by atoms with Crippen molar-refractivity contribution in [3.63, 3.8) is 0 Å². The van der Waals surface area contributed by atoms with Gasteiger partial charge >= 0.3 is 0 Å². The van der Waals surface area contributed by atoms with Crippen LogP contribution in [0.25, 0.3) is 0 Å². The van der Waals surface area contributed by atoms with Crippen LogP contribution in [0, 0.1) is 0 Å². The molecule has 0 atom stereocenters. The maximum Gasteiger partial charge on any atom is 0.203 e. The monoisotopic (exact) mass is 355 g/mol. The number of guanidine groups is 1. The Morgan fingerprint density at radius 3 is 2.38 bits per heavy atom. The van der Waals surface area contributed by atoms with Gasteiger partial charge in [0.2, 0.25) is 5.75 Å². The summed E-state index contributed by atoms with van der Waals surface area (Å²) in [5, 5.41) is 6.62. The van der Waals surface area contributed by atoms with E-state index in [1.165, 1.54) is 12.2 Å². The molecule has 7 heteroatoms. The van der Waals surface area contributed by atoms with Gasteiger partial charge in [0.15, 0.2) is 17.5 Å². The molecule has 0 spiro atoms. The van der Waals surface area contributed by atoms with E-state index in [-0.39, 0.29) is 0 Å². The van der Waals surface area contributed by atoms with Gasteiger partial charge in [-0.1, -0.05) is 0 Å². The standard InChI is InChI=1S/C17H29N3O3S/c1-18-17(19-10-6-7-11-24-5)20-12-13-8-9-14(21-2)16(23-4)15(13)22-3/h8-9H,6-7,10-12H2,1-5H3,(H2,18,19,20). The Balaban J connectivity index is 2.65. The number of rotatable bonds is 10. The highest BCUT2D eigenvalue weighted by Gasteiger charge is 2.15. The maximum absolute atomic E-state index is 5.49. The smallest absolute Gasteiger partial charge is 0.203 e. The van der Waals surface area contributed by atoms with Crippen LogP contribution in [0.1, 0.15) is 18.4 Å². The molecule has 0 saturated heterocycles. The quantitative estimate of drug-likeness (QED) is 0.382. The minimum Gasteiger partial charge on any atom is -0.493 e. The lowest BCUT2D eigenvalue weighted by atomic mass is 10.1. The van der Waals surface area contributed by atoms with Gasteiger partial charge in [-0.15, -0.1) is 0 Å². The fraction of sp³-hybridized carbons (Fsp3) is 0.588. The van der Waals surface area contributed by atoms with Crippen molar-refractivity contribution in [1.82, 2.24) is 10.6 Å². The molecule has 0 heterocycles. The van der Waals surface area contributed by atoms with Gasteiger partial charge in [-0.2, -0.15) is 11.8 Å². The number of aliphatic imine (C=N–C) groups is 1. The first-order chi connectivity index (χ1) is 11.7. The third kappa shape index (κ3) is 6.03. The Morgan fingerprint density at radius 2 is 1.79 bits per heavy atom. The Labute approximate surface area is 149 Å². The first-order valence-electron chi connectivity index (χ1n) is 7.93. The molecule has 0 aromatic heterocycles. The highest BCUT2D eigenvalue weighted by molar-refractivity contribution is 7.98. The molecule has 24 heavy (non-hydrogen) atoms. The molecule has 0 amide bonds. The molecule has 0 radical (unpaired) electrons. The molecule has 1 aromatic rings. The summed E-state index contributed by atoms with van der Waals surface area (Å²) in [7, 11) is 6.60. The molecule has 136 valence electrons. The fourth-order valence-corrected chi connectivity index (χ4v) is 2.77. The van der Waals surface area contributed by atoms with Crippen LogP contribution in [-0.2, 0) is 6.54 Å². The minimum absolute atomic E-state index is 0.577. The first kappa shape index (κ1) is 20.3. The number of nitrogens with zero attached hydrogens (tertiary/aromatic N) is 1. The average molecular weight is 356 g/mol. The zero-order valence-electron chi connectivity index (χ0n) is 15.3. The summed E-state index contributed by atoms with van der Waals surface area (Å²) in [4.78, 5) is 4.25. The van der Waals surface area contributed by atoms with Gasteiger partial charge < -0.3 is 24.8 Å². The van der Waals surface area contributed by atoms with Crippen molar-refractivity contribution in [3.05, 3.63) is 17.7 Å². The Hall–Kier alpha value is -1.76. The van der Waals surface area contributed by atoms with Gasteiger partial charge in [-0.25, -0.2) is 0 Å². The molecule has 1 aromatic carbocycles. The second-order valence-electron chi connectivity index (χ2n) is 5.05. The van der Waals surface area contributed by atoms with E-state index in [9.17, 15) is 0 Å². The van der Waals surface area contributed by atoms with Gasteiger partial charge in [0.25, 0.3) is 0 Å². The van der Waals surface area contributed by atoms with Crippen LogP contribution in [0.4, 0.5) is 0 Å². The number of methoxy groups -OCH3 is 3. The average Bonchev–Trinajstić information content (AvgIpc) is 2.62. The van der Waals surface area contributed by atoms with Gasteiger partial charge in [0.05, 0.1) is 21.3 Å². The summed E-state index contributed by atoms with van der Waals surface area (Å²) in [5.41, 5.74) is 0.973. The van der Waals surface area contributed by atoms with Crippen LogP contribution in [0.15, 0.2) is 17.1 Å². The lowest BCUT2D eigenvalue weighted by Gasteiger charge is -2.17. The number of hydrogen-bond acceptors (Lipinski definition) is 5. The molecule has 1 rings (SSSR count). The van der Waals surface area contributed by atoms with Crippen molar-refractivity contribution >= 4 is 17.7 Å². The predicted octanol–water partition coefficient (Wildman–Crippen LogP) is 2.52. The summed E-state index contributed by atoms with van der Waals surface area (Å²) in [5.74, 6) is 3.88. The van der Waals surface area contributed by atoms with Crippen molar-refractivity contribution < 1.29 is 14.2 Å². The van der Waals surface area contributed by atoms with E-state index < -0.39 is 0 Å². The zero-order chi connectivity index (χ0) is 17.8. The second kappa shape index (κ2) is 11.7. The number of ether oxygens (including phenoxy) is 3. The molecule has 0 fully saturated rings. The Bertz CT molecular complexity index is 524. The van der Waals surface area contributed by atoms with E-state index in [4.69, 9.17) is 14.2 Å². The van der Waals surface area contributed by atoms with Crippen LogP contribution >= 0.6 is 11.8 Å². The summed E-state index contributed by atoms with van der Waals surface area (Å²) in [6.07, 6.45) is 4.46. The fourth-order valence-electron chi connectivity index (χ4n) is 2.28. The summed E-state index contributed by atoms with van der Waals surface area (Å²) >= 11 is 1.87. The van der Waals surface area contributed by atoms with Gasteiger partial charge in [0.1, 0.15) is 0 Å². The highest BCUT2D eigenvalue weighted by atomic mass is 32.2. The molecular weight excluding hydrogens is 326 g/mol. The molecule has 0 aliphatic heterocycles. The maximum atomic E-state index is 5.49. The van der Waals surface area contributed by atoms with Gasteiger partial charge in [-0.3, -0.25) is 4.99 Å². The van der Waals surface area contributed by atoms with Crippen LogP contribution in [0.2, 0.25) is 0 Å². The molecule has 0 bridgehead atoms. The number of nitrogens with one attached hydrogen (secondary N) is 2. The third-order valence-electron chi connectivity index (χ3n) is 3.52. The lowest BCUT2D eigenvalue weighted by molar-refractivity contribution is 0.322. The van der Waals surface area contributed by atoms with Crippen LogP contribution in [0.3, 0.4) is 0 Å². The second-order valence-corrected chi connectivity index (χ2v) is 6.03. The minimum atomic E-state index is 0.577. The first-order valence-corrected chi connectivity index (χ1v) is 9.32. The van der Waals surface area contributed by atoms with E-state index in [1.54, 1.807) is 28.4 Å². The van der Waals surface area contributed by atoms with Crippen LogP contribution in [0.5, 0.6) is 17.2 Å². The van der Waals surface area contributed by atoms with Crippen molar-refractivity contribution in [1.29, 1.82) is 0 Å². The molecule has 0 saturated carbocycles. The molecular formula is C17H29N3O3S. The van der Waals surface area contributed by atoms with Crippen LogP contribution < -0.4 is 24.8 Å². The third-order valence-corrected chi connectivity index (χ3v) is 4.22. The largest absolute Gasteiger partial charge is 0.493 e. The predicted molar refractivity (Wildman–Crippen MR) is 102 cm³/mol. The summed E-state index contributed by atoms with van der Waals surface area (Å²) in [6, 6.07) is 3.83. The Morgan fingerprint density at radius 1 is 1.04 bits per heavy atom. The lowest BCUT2D eigenvalue weighted by Crippen LogP contribution is -2.37. The molecule has 6 nitrogen and oxygen atoms in total. The number of unbranched alkanes of at least 4 members (excludes halogenated alkanes) is 1. The Kier molecular flexibility index (Phi) is 9.91. The van der Waals surface area contributed by atoms with E-state index in [0.29, 0.717) is 23.8 Å². The summed E-state index contributed by atoms with van der Waals surface area (Å²) in [6.45, 7) is 1.48. The van der Waals surface area contributed by atoms with E-state index in [2.05, 4.69) is 21.9 Å². The van der Waals surface area contributed by atoms with Crippen molar-refractivity contribution in [2.45, 2.75) is 19.4 Å². The topological polar surface area (TPSA) is 64.1 Å². The molecule has 2 N–H and O–H groups in total. The number of thioether (sulfide) groups is 1.